The lowest BCUT2D eigenvalue weighted by Gasteiger charge is -1.97. The van der Waals surface area contributed by atoms with Gasteiger partial charge in [0.05, 0.1) is 6.42 Å². The third-order valence-corrected chi connectivity index (χ3v) is 2.78. The summed E-state index contributed by atoms with van der Waals surface area (Å²) in [5.41, 5.74) is 1.14. The van der Waals surface area contributed by atoms with Crippen LogP contribution in [0.15, 0.2) is 51.9 Å². The Bertz CT molecular complexity index is 671. The van der Waals surface area contributed by atoms with Crippen LogP contribution in [-0.2, 0) is 11.2 Å². The van der Waals surface area contributed by atoms with E-state index in [0.29, 0.717) is 5.76 Å². The third kappa shape index (κ3) is 2.30. The minimum absolute atomic E-state index is 0.180. The van der Waals surface area contributed by atoms with Crippen LogP contribution in [0, 0.1) is 0 Å². The number of hydrogen-bond acceptors (Lipinski definition) is 3. The molecule has 3 rings (SSSR count). The van der Waals surface area contributed by atoms with E-state index in [1.165, 1.54) is 0 Å². The van der Waals surface area contributed by atoms with E-state index in [2.05, 4.69) is 10.3 Å². The minimum atomic E-state index is -0.616. The van der Waals surface area contributed by atoms with Crippen molar-refractivity contribution in [2.45, 2.75) is 6.42 Å². The van der Waals surface area contributed by atoms with Gasteiger partial charge in [0.1, 0.15) is 17.2 Å². The van der Waals surface area contributed by atoms with Crippen LogP contribution in [0.5, 0.6) is 0 Å². The van der Waals surface area contributed by atoms with E-state index in [1.54, 1.807) is 6.07 Å². The average molecular weight is 254 g/mol. The van der Waals surface area contributed by atoms with Crippen LogP contribution in [0.1, 0.15) is 5.76 Å². The summed E-state index contributed by atoms with van der Waals surface area (Å²) in [5.74, 6) is 0.867. The molecule has 0 aliphatic carbocycles. The first-order chi connectivity index (χ1) is 9.22. The predicted octanol–water partition coefficient (Wildman–Crippen LogP) is 2.18. The van der Waals surface area contributed by atoms with E-state index in [1.807, 2.05) is 36.4 Å². The number of urea groups is 1. The van der Waals surface area contributed by atoms with Gasteiger partial charge in [0.25, 0.3) is 5.91 Å². The van der Waals surface area contributed by atoms with Gasteiger partial charge in [-0.25, -0.2) is 4.79 Å². The van der Waals surface area contributed by atoms with Crippen LogP contribution in [0.4, 0.5) is 4.79 Å². The first kappa shape index (κ1) is 11.4. The van der Waals surface area contributed by atoms with Crippen molar-refractivity contribution in [2.75, 3.05) is 0 Å². The molecule has 0 atom stereocenters. The fourth-order valence-corrected chi connectivity index (χ4v) is 1.89. The van der Waals surface area contributed by atoms with Crippen molar-refractivity contribution in [3.05, 3.63) is 48.2 Å². The smallest absolute Gasteiger partial charge is 0.348 e. The number of aliphatic imine (C=N–C) groups is 1. The number of benzene rings is 1. The summed E-state index contributed by atoms with van der Waals surface area (Å²) >= 11 is 0. The van der Waals surface area contributed by atoms with Crippen molar-refractivity contribution in [3.63, 3.8) is 0 Å². The number of furan rings is 1. The zero-order valence-electron chi connectivity index (χ0n) is 9.92. The molecule has 0 radical (unpaired) electrons. The number of amides is 3. The third-order valence-electron chi connectivity index (χ3n) is 2.78. The molecule has 94 valence electrons. The number of imide groups is 1. The molecule has 5 nitrogen and oxygen atoms in total. The van der Waals surface area contributed by atoms with Gasteiger partial charge in [0, 0.05) is 5.56 Å². The molecule has 0 saturated carbocycles. The number of carbonyl (C=O) groups is 2. The van der Waals surface area contributed by atoms with E-state index < -0.39 is 11.9 Å². The van der Waals surface area contributed by atoms with E-state index in [4.69, 9.17) is 4.42 Å². The predicted molar refractivity (Wildman–Crippen MR) is 68.8 cm³/mol. The first-order valence-corrected chi connectivity index (χ1v) is 5.79. The standard InChI is InChI=1S/C14H10N2O3/c17-13-11(15-14(18)16-13)8-10-6-7-12(19-10)9-4-2-1-3-5-9/h1-7H,8H2,(H,16,17,18). The monoisotopic (exact) mass is 254 g/mol. The zero-order chi connectivity index (χ0) is 13.2. The van der Waals surface area contributed by atoms with Crippen LogP contribution in [0.25, 0.3) is 11.3 Å². The lowest BCUT2D eigenvalue weighted by atomic mass is 10.2. The summed E-state index contributed by atoms with van der Waals surface area (Å²) in [4.78, 5) is 25.9. The highest BCUT2D eigenvalue weighted by Crippen LogP contribution is 2.22. The molecule has 0 unspecified atom stereocenters. The van der Waals surface area contributed by atoms with Crippen molar-refractivity contribution in [2.24, 2.45) is 4.99 Å². The summed E-state index contributed by atoms with van der Waals surface area (Å²) < 4.78 is 5.64. The molecule has 1 aromatic heterocycles. The Morgan fingerprint density at radius 1 is 1.05 bits per heavy atom. The molecule has 1 N–H and O–H groups in total. The maximum Gasteiger partial charge on any atom is 0.348 e. The zero-order valence-corrected chi connectivity index (χ0v) is 9.92. The van der Waals surface area contributed by atoms with Gasteiger partial charge in [-0.15, -0.1) is 0 Å². The van der Waals surface area contributed by atoms with Gasteiger partial charge in [-0.2, -0.15) is 4.99 Å². The van der Waals surface area contributed by atoms with Gasteiger partial charge >= 0.3 is 6.03 Å². The van der Waals surface area contributed by atoms with Crippen LogP contribution >= 0.6 is 0 Å². The van der Waals surface area contributed by atoms with Crippen LogP contribution in [0.3, 0.4) is 0 Å². The van der Waals surface area contributed by atoms with Gasteiger partial charge in [-0.1, -0.05) is 30.3 Å². The van der Waals surface area contributed by atoms with Gasteiger partial charge in [0.2, 0.25) is 0 Å². The van der Waals surface area contributed by atoms with Crippen LogP contribution in [0.2, 0.25) is 0 Å². The lowest BCUT2D eigenvalue weighted by molar-refractivity contribution is -0.113. The molecule has 19 heavy (non-hydrogen) atoms. The van der Waals surface area contributed by atoms with Gasteiger partial charge < -0.3 is 4.42 Å². The quantitative estimate of drug-likeness (QED) is 0.912. The summed E-state index contributed by atoms with van der Waals surface area (Å²) in [6, 6.07) is 12.6. The molecule has 2 heterocycles. The highest BCUT2D eigenvalue weighted by atomic mass is 16.3. The minimum Gasteiger partial charge on any atom is -0.461 e. The number of nitrogens with one attached hydrogen (secondary N) is 1. The maximum atomic E-state index is 11.4. The molecular formula is C14H10N2O3. The average Bonchev–Trinajstić information content (AvgIpc) is 2.99. The summed E-state index contributed by atoms with van der Waals surface area (Å²) in [6.45, 7) is 0. The maximum absolute atomic E-state index is 11.4. The Morgan fingerprint density at radius 3 is 2.53 bits per heavy atom. The molecule has 0 fully saturated rings. The Morgan fingerprint density at radius 2 is 1.84 bits per heavy atom. The SMILES string of the molecule is O=C1N=C(Cc2ccc(-c3ccccc3)o2)C(=O)N1. The van der Waals surface area contributed by atoms with Crippen molar-refractivity contribution in [3.8, 4) is 11.3 Å². The Labute approximate surface area is 109 Å². The Balaban J connectivity index is 1.81. The van der Waals surface area contributed by atoms with E-state index in [0.717, 1.165) is 11.3 Å². The van der Waals surface area contributed by atoms with E-state index in [9.17, 15) is 9.59 Å². The molecule has 1 aliphatic heterocycles. The molecule has 5 heteroatoms. The first-order valence-electron chi connectivity index (χ1n) is 5.79. The molecule has 1 aliphatic rings. The molecule has 0 spiro atoms. The summed E-state index contributed by atoms with van der Waals surface area (Å²) in [7, 11) is 0. The number of rotatable bonds is 3. The summed E-state index contributed by atoms with van der Waals surface area (Å²) in [6.07, 6.45) is 0.213. The van der Waals surface area contributed by atoms with Gasteiger partial charge in [-0.05, 0) is 12.1 Å². The molecule has 0 saturated heterocycles. The largest absolute Gasteiger partial charge is 0.461 e. The second-order valence-corrected chi connectivity index (χ2v) is 4.13. The number of carbonyl (C=O) groups excluding carboxylic acids is 2. The van der Waals surface area contributed by atoms with Crippen LogP contribution in [-0.4, -0.2) is 17.6 Å². The number of nitrogens with zero attached hydrogens (tertiary/aromatic N) is 1. The second-order valence-electron chi connectivity index (χ2n) is 4.13. The highest BCUT2D eigenvalue weighted by molar-refractivity contribution is 6.46. The molecule has 1 aromatic carbocycles. The fraction of sp³-hybridized carbons (Fsp3) is 0.0714. The van der Waals surface area contributed by atoms with Crippen molar-refractivity contribution in [1.29, 1.82) is 0 Å². The van der Waals surface area contributed by atoms with E-state index >= 15 is 0 Å². The van der Waals surface area contributed by atoms with Crippen molar-refractivity contribution in [1.82, 2.24) is 5.32 Å². The lowest BCUT2D eigenvalue weighted by Crippen LogP contribution is -2.26. The molecule has 0 bridgehead atoms. The fourth-order valence-electron chi connectivity index (χ4n) is 1.89. The topological polar surface area (TPSA) is 71.7 Å². The van der Waals surface area contributed by atoms with Crippen molar-refractivity contribution < 1.29 is 14.0 Å². The van der Waals surface area contributed by atoms with Crippen LogP contribution < -0.4 is 5.32 Å². The molecule has 2 aromatic rings. The molecular weight excluding hydrogens is 244 g/mol. The molecule has 3 amide bonds. The van der Waals surface area contributed by atoms with Gasteiger partial charge in [0.15, 0.2) is 0 Å². The van der Waals surface area contributed by atoms with E-state index in [-0.39, 0.29) is 12.1 Å². The Hall–Kier alpha value is -2.69. The highest BCUT2D eigenvalue weighted by Gasteiger charge is 2.23. The van der Waals surface area contributed by atoms with Crippen molar-refractivity contribution >= 4 is 17.6 Å². The Kier molecular flexibility index (Phi) is 2.72. The second kappa shape index (κ2) is 4.53. The normalized spacial score (nSPS) is 14.4. The number of hydrogen-bond donors (Lipinski definition) is 1. The van der Waals surface area contributed by atoms with Gasteiger partial charge in [-0.3, -0.25) is 10.1 Å². The summed E-state index contributed by atoms with van der Waals surface area (Å²) in [5, 5.41) is 2.10.